The van der Waals surface area contributed by atoms with Crippen molar-refractivity contribution in [2.75, 3.05) is 7.11 Å². The molecule has 1 radical (unpaired) electrons. The third-order valence-corrected chi connectivity index (χ3v) is 0.556. The Kier molecular flexibility index (Phi) is 0.978. The highest BCUT2D eigenvalue weighted by molar-refractivity contribution is 4.95. The maximum Gasteiger partial charge on any atom is 0.319 e. The van der Waals surface area contributed by atoms with Crippen LogP contribution in [0.15, 0.2) is 10.7 Å². The average molecular weight is 98.1 g/mol. The first-order valence-corrected chi connectivity index (χ1v) is 1.80. The van der Waals surface area contributed by atoms with E-state index in [1.807, 2.05) is 0 Å². The Labute approximate surface area is 40.9 Å². The van der Waals surface area contributed by atoms with E-state index in [1.54, 1.807) is 0 Å². The van der Waals surface area contributed by atoms with Crippen molar-refractivity contribution in [3.8, 4) is 5.95 Å². The molecular formula is C4H4NO2. The third kappa shape index (κ3) is 0.707. The summed E-state index contributed by atoms with van der Waals surface area (Å²) in [6.45, 7) is 0. The molecule has 0 saturated heterocycles. The maximum absolute atomic E-state index is 4.57. The quantitative estimate of drug-likeness (QED) is 0.512. The zero-order valence-electron chi connectivity index (χ0n) is 3.84. The predicted molar refractivity (Wildman–Crippen MR) is 21.9 cm³/mol. The van der Waals surface area contributed by atoms with E-state index in [9.17, 15) is 0 Å². The molecule has 0 aliphatic heterocycles. The van der Waals surface area contributed by atoms with Crippen molar-refractivity contribution in [3.05, 3.63) is 12.3 Å². The number of hydrogen-bond acceptors (Lipinski definition) is 3. The van der Waals surface area contributed by atoms with Crippen LogP contribution in [0.5, 0.6) is 5.95 Å². The molecule has 0 atom stereocenters. The number of nitrogens with zero attached hydrogens (tertiary/aromatic N) is 1. The molecule has 7 heavy (non-hydrogen) atoms. The van der Waals surface area contributed by atoms with E-state index in [4.69, 9.17) is 0 Å². The van der Waals surface area contributed by atoms with Crippen LogP contribution in [0.2, 0.25) is 0 Å². The van der Waals surface area contributed by atoms with Gasteiger partial charge in [-0.25, -0.2) is 0 Å². The third-order valence-electron chi connectivity index (χ3n) is 0.556. The fourth-order valence-electron chi connectivity index (χ4n) is 0.276. The molecular weight excluding hydrogens is 94.0 g/mol. The standard InChI is InChI=1S/C4H4NO2/c1-6-4-2-3-5-7-4/h3H,1H3. The molecule has 0 aromatic carbocycles. The number of rotatable bonds is 1. The van der Waals surface area contributed by atoms with Crippen LogP contribution in [0.3, 0.4) is 0 Å². The molecule has 1 aromatic heterocycles. The van der Waals surface area contributed by atoms with Crippen LogP contribution in [-0.2, 0) is 0 Å². The van der Waals surface area contributed by atoms with E-state index in [-0.39, 0.29) is 0 Å². The van der Waals surface area contributed by atoms with Gasteiger partial charge in [0.15, 0.2) is 0 Å². The first-order chi connectivity index (χ1) is 3.43. The van der Waals surface area contributed by atoms with Gasteiger partial charge in [0, 0.05) is 0 Å². The van der Waals surface area contributed by atoms with Gasteiger partial charge in [0.2, 0.25) is 0 Å². The molecule has 0 aliphatic carbocycles. The Morgan fingerprint density at radius 1 is 2.00 bits per heavy atom. The van der Waals surface area contributed by atoms with Crippen molar-refractivity contribution < 1.29 is 9.26 Å². The average Bonchev–Trinajstić information content (AvgIpc) is 2.14. The minimum atomic E-state index is 0.319. The molecule has 0 bridgehead atoms. The molecule has 0 aliphatic rings. The van der Waals surface area contributed by atoms with Gasteiger partial charge in [-0.1, -0.05) is 5.16 Å². The summed E-state index contributed by atoms with van der Waals surface area (Å²) in [5.41, 5.74) is 0. The monoisotopic (exact) mass is 98.0 g/mol. The van der Waals surface area contributed by atoms with Gasteiger partial charge in [0.1, 0.15) is 0 Å². The van der Waals surface area contributed by atoms with Gasteiger partial charge in [-0.05, 0) is 0 Å². The lowest BCUT2D eigenvalue weighted by molar-refractivity contribution is 0.260. The highest BCUT2D eigenvalue weighted by atomic mass is 16.6. The number of aromatic nitrogens is 1. The van der Waals surface area contributed by atoms with Gasteiger partial charge < -0.3 is 9.26 Å². The highest BCUT2D eigenvalue weighted by Gasteiger charge is 1.88. The summed E-state index contributed by atoms with van der Waals surface area (Å²) in [7, 11) is 1.50. The van der Waals surface area contributed by atoms with Crippen molar-refractivity contribution in [1.29, 1.82) is 0 Å². The lowest BCUT2D eigenvalue weighted by Gasteiger charge is -1.82. The summed E-state index contributed by atoms with van der Waals surface area (Å²) in [5, 5.41) is 3.34. The second-order valence-corrected chi connectivity index (χ2v) is 0.962. The molecule has 0 N–H and O–H groups in total. The van der Waals surface area contributed by atoms with Crippen LogP contribution in [0, 0.1) is 6.07 Å². The van der Waals surface area contributed by atoms with Crippen molar-refractivity contribution in [2.45, 2.75) is 0 Å². The molecule has 3 heteroatoms. The molecule has 1 aromatic rings. The maximum atomic E-state index is 4.57. The largest absolute Gasteiger partial charge is 0.467 e. The lowest BCUT2D eigenvalue weighted by atomic mass is 10.7. The van der Waals surface area contributed by atoms with Crippen LogP contribution in [0.25, 0.3) is 0 Å². The zero-order chi connectivity index (χ0) is 5.11. The Hall–Kier alpha value is -0.990. The molecule has 1 heterocycles. The second-order valence-electron chi connectivity index (χ2n) is 0.962. The molecule has 0 spiro atoms. The number of ether oxygens (including phenoxy) is 1. The summed E-state index contributed by atoms with van der Waals surface area (Å²) in [5.74, 6) is 0.319. The van der Waals surface area contributed by atoms with Gasteiger partial charge in [-0.2, -0.15) is 0 Å². The summed E-state index contributed by atoms with van der Waals surface area (Å²) >= 11 is 0. The predicted octanol–water partition coefficient (Wildman–Crippen LogP) is 0.483. The number of methoxy groups -OCH3 is 1. The van der Waals surface area contributed by atoms with Crippen LogP contribution < -0.4 is 4.74 Å². The molecule has 0 amide bonds. The van der Waals surface area contributed by atoms with Crippen molar-refractivity contribution in [1.82, 2.24) is 5.16 Å². The topological polar surface area (TPSA) is 35.3 Å². The molecule has 0 saturated carbocycles. The van der Waals surface area contributed by atoms with Gasteiger partial charge in [-0.3, -0.25) is 0 Å². The first-order valence-electron chi connectivity index (χ1n) is 1.80. The summed E-state index contributed by atoms with van der Waals surface area (Å²) in [6, 6.07) is 2.59. The Morgan fingerprint density at radius 2 is 2.86 bits per heavy atom. The Bertz CT molecular complexity index is 124. The van der Waals surface area contributed by atoms with Crippen LogP contribution in [0.1, 0.15) is 0 Å². The SMILES string of the molecule is COc1[c]cno1. The van der Waals surface area contributed by atoms with E-state index < -0.39 is 0 Å². The molecule has 1 rings (SSSR count). The minimum absolute atomic E-state index is 0.319. The molecule has 0 fully saturated rings. The van der Waals surface area contributed by atoms with Gasteiger partial charge in [0.05, 0.1) is 19.4 Å². The summed E-state index contributed by atoms with van der Waals surface area (Å²) < 4.78 is 9.02. The number of hydrogen-bond donors (Lipinski definition) is 0. The van der Waals surface area contributed by atoms with E-state index >= 15 is 0 Å². The van der Waals surface area contributed by atoms with Gasteiger partial charge >= 0.3 is 5.95 Å². The van der Waals surface area contributed by atoms with Crippen molar-refractivity contribution in [3.63, 3.8) is 0 Å². The van der Waals surface area contributed by atoms with E-state index in [1.165, 1.54) is 13.3 Å². The van der Waals surface area contributed by atoms with Gasteiger partial charge in [-0.15, -0.1) is 0 Å². The Balaban J connectivity index is 2.76. The Morgan fingerprint density at radius 3 is 3.14 bits per heavy atom. The molecule has 0 unspecified atom stereocenters. The van der Waals surface area contributed by atoms with Crippen molar-refractivity contribution in [2.24, 2.45) is 0 Å². The van der Waals surface area contributed by atoms with E-state index in [0.717, 1.165) is 0 Å². The highest BCUT2D eigenvalue weighted by Crippen LogP contribution is 2.02. The van der Waals surface area contributed by atoms with E-state index in [0.29, 0.717) is 5.95 Å². The first kappa shape index (κ1) is 4.18. The molecule has 3 nitrogen and oxygen atoms in total. The fraction of sp³-hybridized carbons (Fsp3) is 0.250. The van der Waals surface area contributed by atoms with Gasteiger partial charge in [0.25, 0.3) is 0 Å². The second kappa shape index (κ2) is 1.64. The normalized spacial score (nSPS) is 8.71. The summed E-state index contributed by atoms with van der Waals surface area (Å²) in [4.78, 5) is 0. The zero-order valence-corrected chi connectivity index (χ0v) is 3.84. The van der Waals surface area contributed by atoms with Crippen LogP contribution in [-0.4, -0.2) is 12.3 Å². The lowest BCUT2D eigenvalue weighted by Crippen LogP contribution is -1.75. The van der Waals surface area contributed by atoms with Crippen LogP contribution >= 0.6 is 0 Å². The van der Waals surface area contributed by atoms with Crippen LogP contribution in [0.4, 0.5) is 0 Å². The summed E-state index contributed by atoms with van der Waals surface area (Å²) in [6.07, 6.45) is 1.40. The fourth-order valence-corrected chi connectivity index (χ4v) is 0.276. The molecule has 37 valence electrons. The smallest absolute Gasteiger partial charge is 0.319 e. The van der Waals surface area contributed by atoms with E-state index in [2.05, 4.69) is 20.5 Å². The van der Waals surface area contributed by atoms with Crippen molar-refractivity contribution >= 4 is 0 Å². The minimum Gasteiger partial charge on any atom is -0.467 e.